The Balaban J connectivity index is 3.81. The zero-order valence-corrected chi connectivity index (χ0v) is 10.0. The van der Waals surface area contributed by atoms with E-state index in [-0.39, 0.29) is 18.6 Å². The average Bonchev–Trinajstić information content (AvgIpc) is 2.27. The topological polar surface area (TPSA) is 49.3 Å². The van der Waals surface area contributed by atoms with Crippen molar-refractivity contribution in [2.75, 3.05) is 13.2 Å². The molecule has 0 heterocycles. The molecule has 0 radical (unpaired) electrons. The van der Waals surface area contributed by atoms with Crippen molar-refractivity contribution >= 4 is 6.29 Å². The number of hydrogen-bond donors (Lipinski definition) is 2. The van der Waals surface area contributed by atoms with Gasteiger partial charge in [-0.05, 0) is 25.8 Å². The highest BCUT2D eigenvalue weighted by molar-refractivity contribution is 5.54. The van der Waals surface area contributed by atoms with Gasteiger partial charge in [0.1, 0.15) is 6.29 Å². The molecular formula is C12H25NO2. The number of carbonyl (C=O) groups is 1. The molecule has 15 heavy (non-hydrogen) atoms. The van der Waals surface area contributed by atoms with Crippen molar-refractivity contribution in [1.82, 2.24) is 5.32 Å². The number of aliphatic hydroxyl groups excluding tert-OH is 1. The molecule has 2 N–H and O–H groups in total. The number of carbonyl (C=O) groups excluding carboxylic acids is 1. The molecule has 2 atom stereocenters. The van der Waals surface area contributed by atoms with E-state index in [4.69, 9.17) is 5.11 Å². The van der Waals surface area contributed by atoms with Crippen LogP contribution in [0.15, 0.2) is 0 Å². The molecule has 3 nitrogen and oxygen atoms in total. The van der Waals surface area contributed by atoms with Crippen LogP contribution in [0.3, 0.4) is 0 Å². The van der Waals surface area contributed by atoms with E-state index >= 15 is 0 Å². The van der Waals surface area contributed by atoms with Crippen molar-refractivity contribution in [2.45, 2.75) is 52.0 Å². The zero-order chi connectivity index (χ0) is 11.5. The molecule has 0 rings (SSSR count). The number of rotatable bonds is 10. The molecular weight excluding hydrogens is 190 g/mol. The molecule has 0 spiro atoms. The summed E-state index contributed by atoms with van der Waals surface area (Å²) in [5, 5.41) is 12.2. The van der Waals surface area contributed by atoms with E-state index in [1.807, 2.05) is 0 Å². The van der Waals surface area contributed by atoms with Gasteiger partial charge >= 0.3 is 0 Å². The van der Waals surface area contributed by atoms with Crippen LogP contribution < -0.4 is 5.32 Å². The van der Waals surface area contributed by atoms with Crippen molar-refractivity contribution in [3.05, 3.63) is 0 Å². The lowest BCUT2D eigenvalue weighted by molar-refractivity contribution is -0.112. The third kappa shape index (κ3) is 6.63. The highest BCUT2D eigenvalue weighted by Crippen LogP contribution is 2.09. The van der Waals surface area contributed by atoms with Crippen LogP contribution in [0.1, 0.15) is 46.0 Å². The first-order valence-corrected chi connectivity index (χ1v) is 6.09. The van der Waals surface area contributed by atoms with E-state index in [1.165, 1.54) is 12.8 Å². The van der Waals surface area contributed by atoms with Crippen LogP contribution in [0.2, 0.25) is 0 Å². The normalized spacial score (nSPS) is 14.9. The van der Waals surface area contributed by atoms with Gasteiger partial charge in [0.15, 0.2) is 0 Å². The van der Waals surface area contributed by atoms with Gasteiger partial charge in [0, 0.05) is 18.6 Å². The van der Waals surface area contributed by atoms with Crippen LogP contribution >= 0.6 is 0 Å². The standard InChI is InChI=1S/C12H25NO2/c1-3-5-6-8-13-12(4-2)11(10-15)7-9-14/h10-14H,3-9H2,1-2H3. The molecule has 0 aromatic heterocycles. The summed E-state index contributed by atoms with van der Waals surface area (Å²) in [6.45, 7) is 5.32. The van der Waals surface area contributed by atoms with Crippen LogP contribution in [0.5, 0.6) is 0 Å². The fourth-order valence-electron chi connectivity index (χ4n) is 1.77. The maximum Gasteiger partial charge on any atom is 0.124 e. The lowest BCUT2D eigenvalue weighted by Crippen LogP contribution is -2.37. The van der Waals surface area contributed by atoms with Gasteiger partial charge in [-0.2, -0.15) is 0 Å². The lowest BCUT2D eigenvalue weighted by Gasteiger charge is -2.22. The van der Waals surface area contributed by atoms with Gasteiger partial charge in [-0.25, -0.2) is 0 Å². The maximum atomic E-state index is 10.8. The quantitative estimate of drug-likeness (QED) is 0.431. The van der Waals surface area contributed by atoms with E-state index in [0.29, 0.717) is 6.42 Å². The van der Waals surface area contributed by atoms with Crippen molar-refractivity contribution in [3.63, 3.8) is 0 Å². The molecule has 0 saturated heterocycles. The highest BCUT2D eigenvalue weighted by atomic mass is 16.3. The van der Waals surface area contributed by atoms with E-state index < -0.39 is 0 Å². The summed E-state index contributed by atoms with van der Waals surface area (Å²) in [7, 11) is 0. The number of nitrogens with one attached hydrogen (secondary N) is 1. The molecule has 0 amide bonds. The number of aldehydes is 1. The Bertz CT molecular complexity index is 151. The molecule has 0 aliphatic heterocycles. The average molecular weight is 215 g/mol. The molecule has 0 saturated carbocycles. The minimum Gasteiger partial charge on any atom is -0.396 e. The van der Waals surface area contributed by atoms with Crippen molar-refractivity contribution in [1.29, 1.82) is 0 Å². The first-order valence-electron chi connectivity index (χ1n) is 6.09. The summed E-state index contributed by atoms with van der Waals surface area (Å²) in [5.74, 6) is -0.0402. The van der Waals surface area contributed by atoms with Crippen molar-refractivity contribution < 1.29 is 9.90 Å². The SMILES string of the molecule is CCCCCNC(CC)C(C=O)CCO. The van der Waals surface area contributed by atoms with Crippen LogP contribution in [0.25, 0.3) is 0 Å². The lowest BCUT2D eigenvalue weighted by atomic mass is 9.96. The predicted octanol–water partition coefficient (Wildman–Crippen LogP) is 1.74. The van der Waals surface area contributed by atoms with Gasteiger partial charge < -0.3 is 15.2 Å². The van der Waals surface area contributed by atoms with Crippen LogP contribution in [-0.2, 0) is 4.79 Å². The number of unbranched alkanes of at least 4 members (excludes halogenated alkanes) is 2. The van der Waals surface area contributed by atoms with Crippen LogP contribution in [0.4, 0.5) is 0 Å². The van der Waals surface area contributed by atoms with Crippen molar-refractivity contribution in [3.8, 4) is 0 Å². The highest BCUT2D eigenvalue weighted by Gasteiger charge is 2.17. The number of hydrogen-bond acceptors (Lipinski definition) is 3. The zero-order valence-electron chi connectivity index (χ0n) is 10.0. The first kappa shape index (κ1) is 14.6. The van der Waals surface area contributed by atoms with Gasteiger partial charge in [-0.3, -0.25) is 0 Å². The van der Waals surface area contributed by atoms with Gasteiger partial charge in [0.05, 0.1) is 0 Å². The Kier molecular flexibility index (Phi) is 9.84. The molecule has 0 aromatic rings. The monoisotopic (exact) mass is 215 g/mol. The Morgan fingerprint density at radius 3 is 2.53 bits per heavy atom. The summed E-state index contributed by atoms with van der Waals surface area (Å²) < 4.78 is 0. The molecule has 0 bridgehead atoms. The summed E-state index contributed by atoms with van der Waals surface area (Å²) in [4.78, 5) is 10.8. The fourth-order valence-corrected chi connectivity index (χ4v) is 1.77. The van der Waals surface area contributed by atoms with Gasteiger partial charge in [0.2, 0.25) is 0 Å². The molecule has 0 aliphatic carbocycles. The molecule has 0 aromatic carbocycles. The maximum absolute atomic E-state index is 10.8. The van der Waals surface area contributed by atoms with E-state index in [9.17, 15) is 4.79 Å². The summed E-state index contributed by atoms with van der Waals surface area (Å²) in [6, 6.07) is 0.228. The van der Waals surface area contributed by atoms with E-state index in [2.05, 4.69) is 19.2 Å². The molecule has 2 unspecified atom stereocenters. The summed E-state index contributed by atoms with van der Waals surface area (Å²) >= 11 is 0. The van der Waals surface area contributed by atoms with Crippen LogP contribution in [-0.4, -0.2) is 30.6 Å². The second kappa shape index (κ2) is 10.1. The largest absolute Gasteiger partial charge is 0.396 e. The molecule has 0 fully saturated rings. The minimum absolute atomic E-state index is 0.0402. The van der Waals surface area contributed by atoms with E-state index in [0.717, 1.165) is 25.7 Å². The fraction of sp³-hybridized carbons (Fsp3) is 0.917. The third-order valence-corrected chi connectivity index (χ3v) is 2.78. The predicted molar refractivity (Wildman–Crippen MR) is 62.9 cm³/mol. The Labute approximate surface area is 93.3 Å². The van der Waals surface area contributed by atoms with Crippen molar-refractivity contribution in [2.24, 2.45) is 5.92 Å². The molecule has 90 valence electrons. The number of aliphatic hydroxyl groups is 1. The van der Waals surface area contributed by atoms with Gasteiger partial charge in [-0.15, -0.1) is 0 Å². The minimum atomic E-state index is -0.0402. The Morgan fingerprint density at radius 2 is 2.07 bits per heavy atom. The Morgan fingerprint density at radius 1 is 1.33 bits per heavy atom. The third-order valence-electron chi connectivity index (χ3n) is 2.78. The molecule has 0 aliphatic rings. The van der Waals surface area contributed by atoms with E-state index in [1.54, 1.807) is 0 Å². The smallest absolute Gasteiger partial charge is 0.124 e. The second-order valence-electron chi connectivity index (χ2n) is 3.99. The second-order valence-corrected chi connectivity index (χ2v) is 3.99. The summed E-state index contributed by atoms with van der Waals surface area (Å²) in [5.41, 5.74) is 0. The summed E-state index contributed by atoms with van der Waals surface area (Å²) in [6.07, 6.45) is 6.09. The van der Waals surface area contributed by atoms with Gasteiger partial charge in [-0.1, -0.05) is 26.7 Å². The molecule has 3 heteroatoms. The van der Waals surface area contributed by atoms with Gasteiger partial charge in [0.25, 0.3) is 0 Å². The Hall–Kier alpha value is -0.410. The first-order chi connectivity index (χ1) is 7.29. The van der Waals surface area contributed by atoms with Crippen LogP contribution in [0, 0.1) is 5.92 Å².